The Morgan fingerprint density at radius 1 is 1.58 bits per heavy atom. The highest BCUT2D eigenvalue weighted by Crippen LogP contribution is 2.12. The van der Waals surface area contributed by atoms with Crippen molar-refractivity contribution in [3.05, 3.63) is 0 Å². The van der Waals surface area contributed by atoms with Crippen molar-refractivity contribution in [3.63, 3.8) is 0 Å². The van der Waals surface area contributed by atoms with E-state index in [2.05, 4.69) is 13.8 Å². The summed E-state index contributed by atoms with van der Waals surface area (Å²) in [6.07, 6.45) is 0.225. The molecule has 1 aliphatic heterocycles. The number of carbonyl (C=O) groups excluding carboxylic acids is 1. The standard InChI is InChI=1S/C9H17NO2/c1-7(2)9-6-10(8(3)11)4-5-12-9/h7,9H,4-6H2,1-3H3/t9-/m1/s1. The van der Waals surface area contributed by atoms with E-state index >= 15 is 0 Å². The fourth-order valence-corrected chi connectivity index (χ4v) is 1.36. The number of ether oxygens (including phenoxy) is 1. The van der Waals surface area contributed by atoms with Crippen molar-refractivity contribution in [3.8, 4) is 0 Å². The molecular formula is C9H17NO2. The second-order valence-corrected chi connectivity index (χ2v) is 3.62. The topological polar surface area (TPSA) is 29.5 Å². The largest absolute Gasteiger partial charge is 0.374 e. The highest BCUT2D eigenvalue weighted by atomic mass is 16.5. The molecule has 1 heterocycles. The van der Waals surface area contributed by atoms with Crippen LogP contribution in [0.2, 0.25) is 0 Å². The molecule has 0 saturated carbocycles. The molecule has 3 nitrogen and oxygen atoms in total. The molecule has 0 aromatic carbocycles. The molecular weight excluding hydrogens is 154 g/mol. The number of amides is 1. The summed E-state index contributed by atoms with van der Waals surface area (Å²) in [6.45, 7) is 8.04. The Morgan fingerprint density at radius 3 is 2.75 bits per heavy atom. The van der Waals surface area contributed by atoms with Crippen LogP contribution >= 0.6 is 0 Å². The smallest absolute Gasteiger partial charge is 0.219 e. The minimum absolute atomic E-state index is 0.156. The van der Waals surface area contributed by atoms with Gasteiger partial charge in [-0.25, -0.2) is 0 Å². The van der Waals surface area contributed by atoms with Crippen LogP contribution in [0, 0.1) is 5.92 Å². The van der Waals surface area contributed by atoms with Crippen molar-refractivity contribution >= 4 is 5.91 Å². The summed E-state index contributed by atoms with van der Waals surface area (Å²) in [5.74, 6) is 0.649. The van der Waals surface area contributed by atoms with E-state index in [1.54, 1.807) is 6.92 Å². The summed E-state index contributed by atoms with van der Waals surface area (Å²) in [6, 6.07) is 0. The first-order valence-corrected chi connectivity index (χ1v) is 4.48. The lowest BCUT2D eigenvalue weighted by Gasteiger charge is -2.34. The number of nitrogens with zero attached hydrogens (tertiary/aromatic N) is 1. The van der Waals surface area contributed by atoms with Crippen LogP contribution in [-0.2, 0) is 9.53 Å². The molecule has 0 unspecified atom stereocenters. The van der Waals surface area contributed by atoms with E-state index in [0.717, 1.165) is 13.1 Å². The van der Waals surface area contributed by atoms with Gasteiger partial charge in [-0.2, -0.15) is 0 Å². The zero-order valence-corrected chi connectivity index (χ0v) is 8.04. The second kappa shape index (κ2) is 3.90. The van der Waals surface area contributed by atoms with E-state index in [1.165, 1.54) is 0 Å². The minimum Gasteiger partial charge on any atom is -0.374 e. The van der Waals surface area contributed by atoms with Gasteiger partial charge in [0.1, 0.15) is 0 Å². The zero-order valence-electron chi connectivity index (χ0n) is 8.04. The van der Waals surface area contributed by atoms with Gasteiger partial charge in [-0.05, 0) is 5.92 Å². The van der Waals surface area contributed by atoms with E-state index < -0.39 is 0 Å². The van der Waals surface area contributed by atoms with Crippen LogP contribution in [0.15, 0.2) is 0 Å². The summed E-state index contributed by atoms with van der Waals surface area (Å²) < 4.78 is 5.53. The van der Waals surface area contributed by atoms with E-state index in [-0.39, 0.29) is 12.0 Å². The van der Waals surface area contributed by atoms with E-state index in [9.17, 15) is 4.79 Å². The Morgan fingerprint density at radius 2 is 2.25 bits per heavy atom. The molecule has 3 heteroatoms. The van der Waals surface area contributed by atoms with Crippen LogP contribution in [0.5, 0.6) is 0 Å². The average molecular weight is 171 g/mol. The van der Waals surface area contributed by atoms with Crippen LogP contribution in [0.4, 0.5) is 0 Å². The van der Waals surface area contributed by atoms with Gasteiger partial charge in [0.15, 0.2) is 0 Å². The summed E-state index contributed by atoms with van der Waals surface area (Å²) in [4.78, 5) is 12.9. The first-order chi connectivity index (χ1) is 5.61. The third-order valence-corrected chi connectivity index (χ3v) is 2.28. The molecule has 0 spiro atoms. The Kier molecular flexibility index (Phi) is 3.09. The SMILES string of the molecule is CC(=O)N1CCO[C@@H](C(C)C)C1. The quantitative estimate of drug-likeness (QED) is 0.586. The Hall–Kier alpha value is -0.570. The summed E-state index contributed by atoms with van der Waals surface area (Å²) in [5, 5.41) is 0. The molecule has 12 heavy (non-hydrogen) atoms. The molecule has 1 aliphatic rings. The maximum Gasteiger partial charge on any atom is 0.219 e. The van der Waals surface area contributed by atoms with E-state index in [0.29, 0.717) is 12.5 Å². The molecule has 0 aliphatic carbocycles. The lowest BCUT2D eigenvalue weighted by Crippen LogP contribution is -2.46. The Labute approximate surface area is 73.7 Å². The van der Waals surface area contributed by atoms with Gasteiger partial charge >= 0.3 is 0 Å². The van der Waals surface area contributed by atoms with Gasteiger partial charge in [0, 0.05) is 20.0 Å². The normalized spacial score (nSPS) is 24.7. The van der Waals surface area contributed by atoms with Crippen molar-refractivity contribution in [1.82, 2.24) is 4.90 Å². The van der Waals surface area contributed by atoms with Gasteiger partial charge in [-0.3, -0.25) is 4.79 Å². The number of rotatable bonds is 1. The molecule has 1 atom stereocenters. The van der Waals surface area contributed by atoms with Gasteiger partial charge < -0.3 is 9.64 Å². The van der Waals surface area contributed by atoms with Crippen molar-refractivity contribution in [2.24, 2.45) is 5.92 Å². The number of morpholine rings is 1. The number of hydrogen-bond donors (Lipinski definition) is 0. The predicted molar refractivity (Wildman–Crippen MR) is 46.8 cm³/mol. The van der Waals surface area contributed by atoms with Crippen molar-refractivity contribution in [2.45, 2.75) is 26.9 Å². The Bertz CT molecular complexity index is 168. The Balaban J connectivity index is 2.46. The minimum atomic E-state index is 0.156. The third-order valence-electron chi connectivity index (χ3n) is 2.28. The highest BCUT2D eigenvalue weighted by molar-refractivity contribution is 5.73. The lowest BCUT2D eigenvalue weighted by molar-refractivity contribution is -0.138. The molecule has 1 fully saturated rings. The molecule has 0 aromatic rings. The summed E-state index contributed by atoms with van der Waals surface area (Å²) in [7, 11) is 0. The first-order valence-electron chi connectivity index (χ1n) is 4.48. The van der Waals surface area contributed by atoms with Crippen LogP contribution < -0.4 is 0 Å². The van der Waals surface area contributed by atoms with Gasteiger partial charge in [-0.15, -0.1) is 0 Å². The number of carbonyl (C=O) groups is 1. The molecule has 1 saturated heterocycles. The lowest BCUT2D eigenvalue weighted by atomic mass is 10.1. The zero-order chi connectivity index (χ0) is 9.14. The molecule has 0 radical (unpaired) electrons. The van der Waals surface area contributed by atoms with Gasteiger partial charge in [-0.1, -0.05) is 13.8 Å². The summed E-state index contributed by atoms with van der Waals surface area (Å²) in [5.41, 5.74) is 0. The molecule has 0 aromatic heterocycles. The molecule has 1 amide bonds. The van der Waals surface area contributed by atoms with E-state index in [1.807, 2.05) is 4.90 Å². The van der Waals surface area contributed by atoms with Crippen LogP contribution in [0.1, 0.15) is 20.8 Å². The van der Waals surface area contributed by atoms with Crippen LogP contribution in [0.25, 0.3) is 0 Å². The van der Waals surface area contributed by atoms with Crippen LogP contribution in [0.3, 0.4) is 0 Å². The molecule has 70 valence electrons. The first kappa shape index (κ1) is 9.52. The fourth-order valence-electron chi connectivity index (χ4n) is 1.36. The summed E-state index contributed by atoms with van der Waals surface area (Å²) >= 11 is 0. The van der Waals surface area contributed by atoms with Crippen molar-refractivity contribution in [2.75, 3.05) is 19.7 Å². The second-order valence-electron chi connectivity index (χ2n) is 3.62. The molecule has 1 rings (SSSR count). The van der Waals surface area contributed by atoms with Gasteiger partial charge in [0.25, 0.3) is 0 Å². The fraction of sp³-hybridized carbons (Fsp3) is 0.889. The monoisotopic (exact) mass is 171 g/mol. The van der Waals surface area contributed by atoms with Crippen molar-refractivity contribution < 1.29 is 9.53 Å². The third kappa shape index (κ3) is 2.21. The highest BCUT2D eigenvalue weighted by Gasteiger charge is 2.23. The van der Waals surface area contributed by atoms with Gasteiger partial charge in [0.05, 0.1) is 12.7 Å². The molecule has 0 bridgehead atoms. The number of hydrogen-bond acceptors (Lipinski definition) is 2. The van der Waals surface area contributed by atoms with Crippen LogP contribution in [-0.4, -0.2) is 36.6 Å². The average Bonchev–Trinajstić information content (AvgIpc) is 2.04. The predicted octanol–water partition coefficient (Wildman–Crippen LogP) is 0.890. The van der Waals surface area contributed by atoms with E-state index in [4.69, 9.17) is 4.74 Å². The maximum absolute atomic E-state index is 11.0. The van der Waals surface area contributed by atoms with Crippen molar-refractivity contribution in [1.29, 1.82) is 0 Å². The maximum atomic E-state index is 11.0. The molecule has 0 N–H and O–H groups in total. The van der Waals surface area contributed by atoms with Gasteiger partial charge in [0.2, 0.25) is 5.91 Å².